The summed E-state index contributed by atoms with van der Waals surface area (Å²) < 4.78 is 19.2. The Morgan fingerprint density at radius 1 is 0.944 bits per heavy atom. The highest BCUT2D eigenvalue weighted by Crippen LogP contribution is 2.32. The lowest BCUT2D eigenvalue weighted by molar-refractivity contribution is -0.118. The number of fused-ring (bicyclic) bond motifs is 1. The van der Waals surface area contributed by atoms with Crippen molar-refractivity contribution in [2.45, 2.75) is 0 Å². The van der Waals surface area contributed by atoms with Gasteiger partial charge in [-0.3, -0.25) is 19.8 Å². The second-order valence-electron chi connectivity index (χ2n) is 8.02. The molecule has 1 saturated heterocycles. The van der Waals surface area contributed by atoms with Crippen molar-refractivity contribution in [2.75, 3.05) is 16.9 Å². The van der Waals surface area contributed by atoms with Gasteiger partial charge in [-0.05, 0) is 53.2 Å². The number of benzene rings is 4. The number of halogens is 1. The van der Waals surface area contributed by atoms with Gasteiger partial charge in [0.05, 0.1) is 5.69 Å². The van der Waals surface area contributed by atoms with Crippen LogP contribution in [0.15, 0.2) is 96.6 Å². The van der Waals surface area contributed by atoms with E-state index in [1.807, 2.05) is 36.4 Å². The Morgan fingerprint density at radius 2 is 1.72 bits per heavy atom. The molecule has 0 unspecified atom stereocenters. The number of anilines is 2. The summed E-state index contributed by atoms with van der Waals surface area (Å²) in [4.78, 5) is 38.3. The fourth-order valence-corrected chi connectivity index (χ4v) is 3.92. The molecule has 0 saturated carbocycles. The van der Waals surface area contributed by atoms with Crippen LogP contribution in [0.2, 0.25) is 0 Å². The topological polar surface area (TPSA) is 87.7 Å². The Hall–Kier alpha value is -4.98. The number of para-hydroxylation sites is 1. The third-order valence-corrected chi connectivity index (χ3v) is 5.59. The van der Waals surface area contributed by atoms with E-state index in [1.165, 1.54) is 29.3 Å². The summed E-state index contributed by atoms with van der Waals surface area (Å²) in [5.74, 6) is -1.70. The van der Waals surface area contributed by atoms with E-state index in [0.717, 1.165) is 10.8 Å². The molecule has 0 bridgehead atoms. The van der Waals surface area contributed by atoms with Crippen molar-refractivity contribution in [3.8, 4) is 5.75 Å². The third kappa shape index (κ3) is 4.65. The Bertz CT molecular complexity index is 1520. The number of carbonyl (C=O) groups is 3. The smallest absolute Gasteiger partial charge is 0.282 e. The minimum Gasteiger partial charge on any atom is -0.483 e. The van der Waals surface area contributed by atoms with Crippen molar-refractivity contribution in [3.63, 3.8) is 0 Å². The number of carbonyl (C=O) groups excluding carboxylic acids is 3. The maximum absolute atomic E-state index is 13.4. The number of rotatable bonds is 6. The summed E-state index contributed by atoms with van der Waals surface area (Å²) in [7, 11) is 0. The Balaban J connectivity index is 1.45. The fourth-order valence-electron chi connectivity index (χ4n) is 3.92. The van der Waals surface area contributed by atoms with Crippen LogP contribution < -0.4 is 20.5 Å². The van der Waals surface area contributed by atoms with Crippen molar-refractivity contribution in [2.24, 2.45) is 0 Å². The average Bonchev–Trinajstić information content (AvgIpc) is 3.17. The van der Waals surface area contributed by atoms with Crippen molar-refractivity contribution >= 4 is 45.9 Å². The first-order valence-corrected chi connectivity index (χ1v) is 11.1. The van der Waals surface area contributed by atoms with Gasteiger partial charge in [-0.1, -0.05) is 54.6 Å². The van der Waals surface area contributed by atoms with E-state index in [2.05, 4.69) is 10.7 Å². The van der Waals surface area contributed by atoms with Crippen LogP contribution in [-0.4, -0.2) is 24.3 Å². The van der Waals surface area contributed by atoms with Crippen LogP contribution in [0.1, 0.15) is 5.56 Å². The van der Waals surface area contributed by atoms with E-state index >= 15 is 0 Å². The molecule has 0 radical (unpaired) electrons. The van der Waals surface area contributed by atoms with Crippen LogP contribution in [0.3, 0.4) is 0 Å². The maximum Gasteiger partial charge on any atom is 0.282 e. The summed E-state index contributed by atoms with van der Waals surface area (Å²) in [6, 6.07) is 25.2. The predicted molar refractivity (Wildman–Crippen MR) is 135 cm³/mol. The van der Waals surface area contributed by atoms with Crippen LogP contribution in [0.4, 0.5) is 15.8 Å². The monoisotopic (exact) mass is 481 g/mol. The van der Waals surface area contributed by atoms with Crippen LogP contribution in [0.5, 0.6) is 5.75 Å². The zero-order valence-electron chi connectivity index (χ0n) is 18.9. The molecule has 1 aliphatic heterocycles. The lowest BCUT2D eigenvalue weighted by Crippen LogP contribution is -2.35. The number of nitrogens with one attached hydrogen (secondary N) is 2. The molecular weight excluding hydrogens is 461 g/mol. The number of hydrogen-bond donors (Lipinski definition) is 2. The highest BCUT2D eigenvalue weighted by molar-refractivity contribution is 6.32. The first kappa shape index (κ1) is 22.8. The highest BCUT2D eigenvalue weighted by Gasteiger charge is 2.34. The number of ether oxygens (including phenoxy) is 1. The highest BCUT2D eigenvalue weighted by atomic mass is 19.1. The molecule has 2 N–H and O–H groups in total. The van der Waals surface area contributed by atoms with Gasteiger partial charge < -0.3 is 10.1 Å². The first-order valence-electron chi connectivity index (χ1n) is 11.1. The molecular formula is C28H20FN3O4. The summed E-state index contributed by atoms with van der Waals surface area (Å²) >= 11 is 0. The molecule has 5 rings (SSSR count). The number of hydrazine groups is 1. The van der Waals surface area contributed by atoms with E-state index in [9.17, 15) is 18.8 Å². The molecule has 36 heavy (non-hydrogen) atoms. The molecule has 0 spiro atoms. The van der Waals surface area contributed by atoms with Crippen molar-refractivity contribution in [1.29, 1.82) is 0 Å². The lowest BCUT2D eigenvalue weighted by atomic mass is 10.0. The fraction of sp³-hybridized carbons (Fsp3) is 0.0357. The van der Waals surface area contributed by atoms with Gasteiger partial charge in [-0.15, -0.1) is 0 Å². The van der Waals surface area contributed by atoms with Gasteiger partial charge >= 0.3 is 0 Å². The molecule has 1 fully saturated rings. The van der Waals surface area contributed by atoms with Crippen LogP contribution >= 0.6 is 0 Å². The zero-order chi connectivity index (χ0) is 25.1. The van der Waals surface area contributed by atoms with Gasteiger partial charge in [0, 0.05) is 11.3 Å². The molecule has 0 aliphatic carbocycles. The van der Waals surface area contributed by atoms with Crippen LogP contribution in [0.25, 0.3) is 16.8 Å². The zero-order valence-corrected chi connectivity index (χ0v) is 18.9. The number of amides is 3. The lowest BCUT2D eigenvalue weighted by Gasteiger charge is -2.14. The molecule has 4 aromatic rings. The van der Waals surface area contributed by atoms with Gasteiger partial charge in [0.2, 0.25) is 0 Å². The Kier molecular flexibility index (Phi) is 6.15. The number of hydrogen-bond acceptors (Lipinski definition) is 4. The van der Waals surface area contributed by atoms with Gasteiger partial charge in [0.1, 0.15) is 17.1 Å². The predicted octanol–water partition coefficient (Wildman–Crippen LogP) is 4.46. The van der Waals surface area contributed by atoms with E-state index < -0.39 is 23.5 Å². The van der Waals surface area contributed by atoms with Gasteiger partial charge in [-0.25, -0.2) is 9.40 Å². The third-order valence-electron chi connectivity index (χ3n) is 5.59. The normalized spacial score (nSPS) is 14.2. The van der Waals surface area contributed by atoms with Crippen LogP contribution in [0, 0.1) is 5.82 Å². The van der Waals surface area contributed by atoms with Crippen LogP contribution in [-0.2, 0) is 14.4 Å². The molecule has 4 aromatic carbocycles. The Labute approximate surface area is 205 Å². The van der Waals surface area contributed by atoms with E-state index in [0.29, 0.717) is 22.7 Å². The summed E-state index contributed by atoms with van der Waals surface area (Å²) in [5, 5.41) is 5.37. The van der Waals surface area contributed by atoms with Gasteiger partial charge in [0.25, 0.3) is 17.7 Å². The van der Waals surface area contributed by atoms with E-state index in [-0.39, 0.29) is 12.2 Å². The quantitative estimate of drug-likeness (QED) is 0.315. The van der Waals surface area contributed by atoms with Crippen molar-refractivity contribution in [3.05, 3.63) is 108 Å². The molecule has 1 aliphatic rings. The molecule has 0 aromatic heterocycles. The summed E-state index contributed by atoms with van der Waals surface area (Å²) in [6.45, 7) is -0.360. The minimum absolute atomic E-state index is 0.0655. The summed E-state index contributed by atoms with van der Waals surface area (Å²) in [6.07, 6.45) is 1.47. The second kappa shape index (κ2) is 9.71. The average molecular weight is 481 g/mol. The van der Waals surface area contributed by atoms with Crippen molar-refractivity contribution in [1.82, 2.24) is 5.43 Å². The van der Waals surface area contributed by atoms with E-state index in [1.54, 1.807) is 36.4 Å². The minimum atomic E-state index is -0.549. The van der Waals surface area contributed by atoms with Gasteiger partial charge in [-0.2, -0.15) is 0 Å². The maximum atomic E-state index is 13.4. The van der Waals surface area contributed by atoms with E-state index in [4.69, 9.17) is 4.74 Å². The molecule has 3 amide bonds. The molecule has 1 heterocycles. The largest absolute Gasteiger partial charge is 0.483 e. The Morgan fingerprint density at radius 3 is 2.53 bits per heavy atom. The number of nitrogens with zero attached hydrogens (tertiary/aromatic N) is 1. The second-order valence-corrected chi connectivity index (χ2v) is 8.02. The SMILES string of the molecule is O=C(COc1ccc2ccccc2c1/C=C1/C(=O)NN(c2ccccc2)C1=O)Nc1cccc(F)c1. The molecule has 7 nitrogen and oxygen atoms in total. The first-order chi connectivity index (χ1) is 17.5. The van der Waals surface area contributed by atoms with Gasteiger partial charge in [0.15, 0.2) is 6.61 Å². The molecule has 0 atom stereocenters. The summed E-state index contributed by atoms with van der Waals surface area (Å²) in [5.41, 5.74) is 3.84. The standard InChI is InChI=1S/C28H20FN3O4/c29-19-8-6-9-20(15-19)30-26(33)17-36-25-14-13-18-7-4-5-12-22(18)23(25)16-24-27(34)31-32(28(24)35)21-10-2-1-3-11-21/h1-16H,17H2,(H,30,33)(H,31,34)/b24-16-. The molecule has 8 heteroatoms. The molecule has 178 valence electrons. The van der Waals surface area contributed by atoms with Crippen molar-refractivity contribution < 1.29 is 23.5 Å².